The summed E-state index contributed by atoms with van der Waals surface area (Å²) >= 11 is 0. The SMILES string of the molecule is O=C(NC1CN2CC[C@H]1C2)c1ccn2cncc2c1. The third-order valence-corrected chi connectivity index (χ3v) is 4.33. The van der Waals surface area contributed by atoms with Crippen molar-refractivity contribution < 1.29 is 4.79 Å². The van der Waals surface area contributed by atoms with E-state index in [1.807, 2.05) is 22.7 Å². The Hall–Kier alpha value is -1.88. The molecule has 0 aliphatic carbocycles. The van der Waals surface area contributed by atoms with E-state index in [0.29, 0.717) is 17.5 Å². The third-order valence-electron chi connectivity index (χ3n) is 4.33. The molecule has 0 radical (unpaired) electrons. The molecule has 4 rings (SSSR count). The van der Waals surface area contributed by atoms with Crippen molar-refractivity contribution in [1.29, 1.82) is 0 Å². The zero-order valence-electron chi connectivity index (χ0n) is 10.6. The molecule has 2 aromatic heterocycles. The molecule has 0 saturated carbocycles. The van der Waals surface area contributed by atoms with E-state index in [4.69, 9.17) is 0 Å². The largest absolute Gasteiger partial charge is 0.348 e. The number of fused-ring (bicyclic) bond motifs is 3. The van der Waals surface area contributed by atoms with E-state index < -0.39 is 0 Å². The normalized spacial score (nSPS) is 28.9. The number of imidazole rings is 1. The number of nitrogens with zero attached hydrogens (tertiary/aromatic N) is 3. The summed E-state index contributed by atoms with van der Waals surface area (Å²) in [7, 11) is 0. The van der Waals surface area contributed by atoms with Crippen molar-refractivity contribution in [2.75, 3.05) is 19.6 Å². The van der Waals surface area contributed by atoms with Crippen molar-refractivity contribution in [2.45, 2.75) is 12.5 Å². The summed E-state index contributed by atoms with van der Waals surface area (Å²) in [5.74, 6) is 0.671. The number of hydrogen-bond donors (Lipinski definition) is 1. The first-order valence-corrected chi connectivity index (χ1v) is 6.74. The van der Waals surface area contributed by atoms with E-state index in [1.165, 1.54) is 13.0 Å². The van der Waals surface area contributed by atoms with E-state index in [2.05, 4.69) is 15.2 Å². The van der Waals surface area contributed by atoms with Crippen LogP contribution >= 0.6 is 0 Å². The Morgan fingerprint density at radius 1 is 1.42 bits per heavy atom. The number of carbonyl (C=O) groups is 1. The van der Waals surface area contributed by atoms with Gasteiger partial charge in [-0.05, 0) is 31.0 Å². The van der Waals surface area contributed by atoms with Crippen molar-refractivity contribution in [3.8, 4) is 0 Å². The molecule has 3 atom stereocenters. The summed E-state index contributed by atoms with van der Waals surface area (Å²) < 4.78 is 1.90. The molecular weight excluding hydrogens is 240 g/mol. The summed E-state index contributed by atoms with van der Waals surface area (Å²) in [4.78, 5) is 18.8. The molecule has 2 aliphatic heterocycles. The van der Waals surface area contributed by atoms with Gasteiger partial charge < -0.3 is 14.6 Å². The van der Waals surface area contributed by atoms with E-state index in [9.17, 15) is 4.79 Å². The van der Waals surface area contributed by atoms with Crippen LogP contribution in [0.25, 0.3) is 5.52 Å². The number of carbonyl (C=O) groups excluding carboxylic acids is 1. The molecule has 0 spiro atoms. The van der Waals surface area contributed by atoms with Gasteiger partial charge in [-0.3, -0.25) is 4.79 Å². The molecule has 1 amide bonds. The highest BCUT2D eigenvalue weighted by molar-refractivity contribution is 5.95. The van der Waals surface area contributed by atoms with Crippen LogP contribution in [0.15, 0.2) is 30.9 Å². The van der Waals surface area contributed by atoms with Crippen LogP contribution in [0.2, 0.25) is 0 Å². The monoisotopic (exact) mass is 256 g/mol. The molecular formula is C14H16N4O. The van der Waals surface area contributed by atoms with E-state index in [-0.39, 0.29) is 5.91 Å². The molecule has 5 nitrogen and oxygen atoms in total. The van der Waals surface area contributed by atoms with Crippen LogP contribution in [0.4, 0.5) is 0 Å². The summed E-state index contributed by atoms with van der Waals surface area (Å²) in [6.07, 6.45) is 6.59. The first-order chi connectivity index (χ1) is 9.29. The Balaban J connectivity index is 1.53. The first kappa shape index (κ1) is 11.0. The molecule has 1 N–H and O–H groups in total. The Bertz CT molecular complexity index is 635. The van der Waals surface area contributed by atoms with E-state index in [1.54, 1.807) is 12.5 Å². The molecule has 2 fully saturated rings. The lowest BCUT2D eigenvalue weighted by atomic mass is 10.00. The zero-order valence-corrected chi connectivity index (χ0v) is 10.6. The fourth-order valence-electron chi connectivity index (χ4n) is 3.26. The van der Waals surface area contributed by atoms with Crippen molar-refractivity contribution in [2.24, 2.45) is 5.92 Å². The van der Waals surface area contributed by atoms with Gasteiger partial charge in [0.05, 0.1) is 18.0 Å². The maximum absolute atomic E-state index is 12.3. The zero-order chi connectivity index (χ0) is 12.8. The highest BCUT2D eigenvalue weighted by Gasteiger charge is 2.38. The van der Waals surface area contributed by atoms with Gasteiger partial charge >= 0.3 is 0 Å². The predicted molar refractivity (Wildman–Crippen MR) is 71.0 cm³/mol. The molecule has 2 bridgehead atoms. The van der Waals surface area contributed by atoms with Crippen LogP contribution in [0.3, 0.4) is 0 Å². The molecule has 5 heteroatoms. The Kier molecular flexibility index (Phi) is 2.35. The predicted octanol–water partition coefficient (Wildman–Crippen LogP) is 0.768. The van der Waals surface area contributed by atoms with Crippen LogP contribution < -0.4 is 5.32 Å². The average Bonchev–Trinajstić information content (AvgIpc) is 3.13. The molecule has 0 aromatic carbocycles. The molecule has 2 unspecified atom stereocenters. The molecule has 2 aromatic rings. The molecule has 4 heterocycles. The van der Waals surface area contributed by atoms with Gasteiger partial charge in [-0.2, -0.15) is 0 Å². The third kappa shape index (κ3) is 1.81. The number of amides is 1. The van der Waals surface area contributed by atoms with Gasteiger partial charge in [0, 0.05) is 30.9 Å². The topological polar surface area (TPSA) is 49.6 Å². The highest BCUT2D eigenvalue weighted by atomic mass is 16.1. The lowest BCUT2D eigenvalue weighted by Gasteiger charge is -2.23. The fraction of sp³-hybridized carbons (Fsp3) is 0.429. The fourth-order valence-corrected chi connectivity index (χ4v) is 3.26. The van der Waals surface area contributed by atoms with Crippen molar-refractivity contribution in [3.63, 3.8) is 0 Å². The molecule has 19 heavy (non-hydrogen) atoms. The van der Waals surface area contributed by atoms with Crippen LogP contribution in [0.5, 0.6) is 0 Å². The van der Waals surface area contributed by atoms with Crippen LogP contribution in [-0.4, -0.2) is 45.9 Å². The van der Waals surface area contributed by atoms with Gasteiger partial charge in [0.15, 0.2) is 0 Å². The van der Waals surface area contributed by atoms with Crippen molar-refractivity contribution in [1.82, 2.24) is 19.6 Å². The van der Waals surface area contributed by atoms with Gasteiger partial charge in [-0.25, -0.2) is 4.98 Å². The number of hydrogen-bond acceptors (Lipinski definition) is 3. The van der Waals surface area contributed by atoms with Crippen LogP contribution in [-0.2, 0) is 0 Å². The van der Waals surface area contributed by atoms with Crippen LogP contribution in [0, 0.1) is 5.92 Å². The Labute approximate surface area is 111 Å². The average molecular weight is 256 g/mol. The molecule has 98 valence electrons. The number of rotatable bonds is 2. The minimum absolute atomic E-state index is 0.0300. The smallest absolute Gasteiger partial charge is 0.251 e. The maximum atomic E-state index is 12.3. The first-order valence-electron chi connectivity index (χ1n) is 6.74. The summed E-state index contributed by atoms with van der Waals surface area (Å²) in [5, 5.41) is 3.17. The van der Waals surface area contributed by atoms with Gasteiger partial charge in [0.2, 0.25) is 0 Å². The number of nitrogens with one attached hydrogen (secondary N) is 1. The summed E-state index contributed by atoms with van der Waals surface area (Å²) in [5.41, 5.74) is 1.66. The second-order valence-corrected chi connectivity index (χ2v) is 5.53. The van der Waals surface area contributed by atoms with E-state index >= 15 is 0 Å². The minimum Gasteiger partial charge on any atom is -0.348 e. The molecule has 2 saturated heterocycles. The van der Waals surface area contributed by atoms with Gasteiger partial charge in [0.25, 0.3) is 5.91 Å². The summed E-state index contributed by atoms with van der Waals surface area (Å²) in [6.45, 7) is 3.34. The summed E-state index contributed by atoms with van der Waals surface area (Å²) in [6, 6.07) is 4.05. The number of piperidine rings is 1. The number of aromatic nitrogens is 2. The highest BCUT2D eigenvalue weighted by Crippen LogP contribution is 2.27. The quantitative estimate of drug-likeness (QED) is 0.863. The van der Waals surface area contributed by atoms with Crippen LogP contribution in [0.1, 0.15) is 16.8 Å². The van der Waals surface area contributed by atoms with E-state index in [0.717, 1.165) is 18.6 Å². The van der Waals surface area contributed by atoms with Gasteiger partial charge in [-0.1, -0.05) is 0 Å². The number of pyridine rings is 1. The molecule has 2 aliphatic rings. The second-order valence-electron chi connectivity index (χ2n) is 5.53. The second kappa shape index (κ2) is 4.06. The lowest BCUT2D eigenvalue weighted by Crippen LogP contribution is -2.43. The standard InChI is InChI=1S/C14H16N4O/c19-14(16-13-8-17-3-1-11(13)7-17)10-2-4-18-9-15-6-12(18)5-10/h2,4-6,9,11,13H,1,3,7-8H2,(H,16,19)/t11-,13?/m0/s1. The Morgan fingerprint density at radius 2 is 2.37 bits per heavy atom. The Morgan fingerprint density at radius 3 is 3.16 bits per heavy atom. The minimum atomic E-state index is 0.0300. The van der Waals surface area contributed by atoms with Gasteiger partial charge in [0.1, 0.15) is 0 Å². The maximum Gasteiger partial charge on any atom is 0.251 e. The van der Waals surface area contributed by atoms with Crippen molar-refractivity contribution in [3.05, 3.63) is 36.4 Å². The van der Waals surface area contributed by atoms with Crippen molar-refractivity contribution >= 4 is 11.4 Å². The van der Waals surface area contributed by atoms with Gasteiger partial charge in [-0.15, -0.1) is 0 Å². The lowest BCUT2D eigenvalue weighted by molar-refractivity contribution is 0.0924.